The van der Waals surface area contributed by atoms with E-state index in [1.165, 1.54) is 0 Å². The van der Waals surface area contributed by atoms with Crippen molar-refractivity contribution in [3.8, 4) is 0 Å². The van der Waals surface area contributed by atoms with Crippen LogP contribution >= 0.6 is 0 Å². The fourth-order valence-electron chi connectivity index (χ4n) is 0.269. The third kappa shape index (κ3) is 9.82. The van der Waals surface area contributed by atoms with Crippen molar-refractivity contribution in [3.05, 3.63) is 0 Å². The third-order valence-corrected chi connectivity index (χ3v) is 0.558. The molecule has 3 nitrogen and oxygen atoms in total. The Bertz CT molecular complexity index is 33.2. The van der Waals surface area contributed by atoms with Gasteiger partial charge in [0, 0.05) is 0 Å². The van der Waals surface area contributed by atoms with E-state index >= 15 is 0 Å². The van der Waals surface area contributed by atoms with Crippen LogP contribution in [0.4, 0.5) is 0 Å². The number of rotatable bonds is 4. The predicted molar refractivity (Wildman–Crippen MR) is 28.4 cm³/mol. The van der Waals surface area contributed by atoms with Gasteiger partial charge in [0.15, 0.2) is 0 Å². The van der Waals surface area contributed by atoms with E-state index < -0.39 is 0 Å². The molecule has 0 atom stereocenters. The fraction of sp³-hybridized carbons (Fsp3) is 1.00. The SMILES string of the molecule is [Mg+2].[O-]CCNCC[O-]. The number of hydrogen-bond donors (Lipinski definition) is 1. The van der Waals surface area contributed by atoms with Crippen molar-refractivity contribution in [2.75, 3.05) is 26.3 Å². The molecular weight excluding hydrogens is 118 g/mol. The molecule has 0 spiro atoms. The van der Waals surface area contributed by atoms with Crippen LogP contribution < -0.4 is 15.5 Å². The Morgan fingerprint density at radius 2 is 1.38 bits per heavy atom. The first kappa shape index (κ1) is 11.4. The van der Waals surface area contributed by atoms with Crippen LogP contribution in [0, 0.1) is 0 Å². The normalized spacial score (nSPS) is 8.25. The van der Waals surface area contributed by atoms with Crippen molar-refractivity contribution >= 4 is 23.1 Å². The average Bonchev–Trinajstić information content (AvgIpc) is 1.69. The van der Waals surface area contributed by atoms with E-state index in [0.29, 0.717) is 13.1 Å². The van der Waals surface area contributed by atoms with Gasteiger partial charge in [0.2, 0.25) is 0 Å². The van der Waals surface area contributed by atoms with E-state index in [9.17, 15) is 10.2 Å². The Morgan fingerprint density at radius 1 is 1.00 bits per heavy atom. The van der Waals surface area contributed by atoms with Gasteiger partial charge in [-0.1, -0.05) is 0 Å². The van der Waals surface area contributed by atoms with Crippen molar-refractivity contribution in [1.82, 2.24) is 5.32 Å². The van der Waals surface area contributed by atoms with E-state index in [1.807, 2.05) is 0 Å². The third-order valence-electron chi connectivity index (χ3n) is 0.558. The molecule has 0 aromatic rings. The molecule has 0 aliphatic heterocycles. The van der Waals surface area contributed by atoms with Crippen molar-refractivity contribution in [3.63, 3.8) is 0 Å². The van der Waals surface area contributed by atoms with Gasteiger partial charge in [-0.2, -0.15) is 0 Å². The van der Waals surface area contributed by atoms with Crippen LogP contribution in [0.15, 0.2) is 0 Å². The molecule has 0 aliphatic rings. The van der Waals surface area contributed by atoms with Gasteiger partial charge in [-0.05, 0) is 13.1 Å². The maximum atomic E-state index is 9.64. The van der Waals surface area contributed by atoms with Crippen LogP contribution in [0.3, 0.4) is 0 Å². The molecule has 0 rings (SSSR count). The molecule has 0 unspecified atom stereocenters. The van der Waals surface area contributed by atoms with Crippen LogP contribution in [0.1, 0.15) is 0 Å². The van der Waals surface area contributed by atoms with Gasteiger partial charge in [0.25, 0.3) is 0 Å². The van der Waals surface area contributed by atoms with E-state index in [1.54, 1.807) is 0 Å². The molecule has 0 aliphatic carbocycles. The van der Waals surface area contributed by atoms with Gasteiger partial charge in [0.1, 0.15) is 0 Å². The monoisotopic (exact) mass is 127 g/mol. The maximum absolute atomic E-state index is 9.64. The summed E-state index contributed by atoms with van der Waals surface area (Å²) in [5, 5.41) is 21.9. The molecular formula is C4H9MgNO2. The van der Waals surface area contributed by atoms with Crippen LogP contribution in [0.25, 0.3) is 0 Å². The zero-order valence-electron chi connectivity index (χ0n) is 4.85. The van der Waals surface area contributed by atoms with E-state index in [4.69, 9.17) is 0 Å². The number of nitrogens with one attached hydrogen (secondary N) is 1. The van der Waals surface area contributed by atoms with Crippen LogP contribution in [-0.2, 0) is 0 Å². The Labute approximate surface area is 65.2 Å². The predicted octanol–water partition coefficient (Wildman–Crippen LogP) is -3.08. The maximum Gasteiger partial charge on any atom is 2.00 e. The molecule has 0 saturated carbocycles. The molecule has 0 aromatic heterocycles. The van der Waals surface area contributed by atoms with Crippen molar-refractivity contribution < 1.29 is 10.2 Å². The quantitative estimate of drug-likeness (QED) is 0.322. The van der Waals surface area contributed by atoms with Gasteiger partial charge >= 0.3 is 23.1 Å². The fourth-order valence-corrected chi connectivity index (χ4v) is 0.269. The number of hydrogen-bond acceptors (Lipinski definition) is 3. The summed E-state index contributed by atoms with van der Waals surface area (Å²) in [4.78, 5) is 0. The van der Waals surface area contributed by atoms with Crippen LogP contribution in [0.2, 0.25) is 0 Å². The minimum atomic E-state index is -0.139. The smallest absolute Gasteiger partial charge is 0.854 e. The van der Waals surface area contributed by atoms with Crippen molar-refractivity contribution in [1.29, 1.82) is 0 Å². The zero-order valence-corrected chi connectivity index (χ0v) is 6.27. The molecule has 4 heteroatoms. The first-order valence-corrected chi connectivity index (χ1v) is 2.28. The molecule has 44 valence electrons. The van der Waals surface area contributed by atoms with E-state index in [-0.39, 0.29) is 36.3 Å². The second-order valence-electron chi connectivity index (χ2n) is 1.16. The largest absolute Gasteiger partial charge is 2.00 e. The van der Waals surface area contributed by atoms with Gasteiger partial charge in [-0.3, -0.25) is 0 Å². The zero-order chi connectivity index (χ0) is 5.54. The van der Waals surface area contributed by atoms with Gasteiger partial charge < -0.3 is 15.5 Å². The standard InChI is InChI=1S/C4H9NO2.Mg/c6-3-1-5-2-4-7;/h5H,1-4H2;/q-2;+2. The molecule has 0 amide bonds. The minimum Gasteiger partial charge on any atom is -0.854 e. The summed E-state index contributed by atoms with van der Waals surface area (Å²) in [6.07, 6.45) is 0. The summed E-state index contributed by atoms with van der Waals surface area (Å²) in [6.45, 7) is 0.560. The summed E-state index contributed by atoms with van der Waals surface area (Å²) in [5.74, 6) is 0. The Kier molecular flexibility index (Phi) is 15.2. The topological polar surface area (TPSA) is 58.1 Å². The molecule has 0 radical (unpaired) electrons. The summed E-state index contributed by atoms with van der Waals surface area (Å²) in [6, 6.07) is 0. The first-order chi connectivity index (χ1) is 3.41. The summed E-state index contributed by atoms with van der Waals surface area (Å²) in [7, 11) is 0. The molecule has 0 saturated heterocycles. The summed E-state index contributed by atoms with van der Waals surface area (Å²) >= 11 is 0. The second-order valence-corrected chi connectivity index (χ2v) is 1.16. The molecule has 1 N–H and O–H groups in total. The minimum absolute atomic E-state index is 0. The van der Waals surface area contributed by atoms with E-state index in [0.717, 1.165) is 0 Å². The molecule has 0 heterocycles. The van der Waals surface area contributed by atoms with E-state index in [2.05, 4.69) is 5.32 Å². The van der Waals surface area contributed by atoms with Crippen molar-refractivity contribution in [2.24, 2.45) is 0 Å². The van der Waals surface area contributed by atoms with Crippen LogP contribution in [-0.4, -0.2) is 49.4 Å². The van der Waals surface area contributed by atoms with Gasteiger partial charge in [-0.25, -0.2) is 0 Å². The molecule has 0 bridgehead atoms. The molecule has 8 heavy (non-hydrogen) atoms. The Morgan fingerprint density at radius 3 is 1.62 bits per heavy atom. The second kappa shape index (κ2) is 10.6. The Balaban J connectivity index is 0. The van der Waals surface area contributed by atoms with Gasteiger partial charge in [-0.15, -0.1) is 13.2 Å². The summed E-state index contributed by atoms with van der Waals surface area (Å²) in [5.41, 5.74) is 0. The molecule has 0 aromatic carbocycles. The average molecular weight is 127 g/mol. The molecule has 0 fully saturated rings. The van der Waals surface area contributed by atoms with Crippen LogP contribution in [0.5, 0.6) is 0 Å². The summed E-state index contributed by atoms with van der Waals surface area (Å²) < 4.78 is 0. The van der Waals surface area contributed by atoms with Gasteiger partial charge in [0.05, 0.1) is 0 Å². The Hall–Kier alpha value is 0.646. The first-order valence-electron chi connectivity index (χ1n) is 2.28. The van der Waals surface area contributed by atoms with Crippen molar-refractivity contribution in [2.45, 2.75) is 0 Å².